The first-order chi connectivity index (χ1) is 8.74. The first-order valence-corrected chi connectivity index (χ1v) is 6.23. The molecule has 2 N–H and O–H groups in total. The number of rotatable bonds is 6. The molecule has 0 amide bonds. The van der Waals surface area contributed by atoms with Gasteiger partial charge in [-0.25, -0.2) is 0 Å². The maximum atomic E-state index is 11.9. The van der Waals surface area contributed by atoms with Crippen LogP contribution in [0.4, 0.5) is 13.2 Å². The van der Waals surface area contributed by atoms with Crippen molar-refractivity contribution >= 4 is 0 Å². The van der Waals surface area contributed by atoms with Crippen molar-refractivity contribution in [2.24, 2.45) is 5.73 Å². The second kappa shape index (κ2) is 6.38. The normalized spacial score (nSPS) is 13.8. The fourth-order valence-corrected chi connectivity index (χ4v) is 1.90. The number of alkyl halides is 3. The number of hydrogen-bond donors (Lipinski definition) is 1. The van der Waals surface area contributed by atoms with Crippen LogP contribution in [0.15, 0.2) is 0 Å². The third kappa shape index (κ3) is 4.83. The van der Waals surface area contributed by atoms with Gasteiger partial charge in [0, 0.05) is 11.7 Å². The van der Waals surface area contributed by atoms with Gasteiger partial charge in [-0.3, -0.25) is 9.42 Å². The van der Waals surface area contributed by atoms with Crippen LogP contribution in [-0.4, -0.2) is 28.8 Å². The molecule has 0 aliphatic carbocycles. The van der Waals surface area contributed by atoms with E-state index in [1.165, 1.54) is 0 Å². The van der Waals surface area contributed by atoms with Crippen LogP contribution in [0.1, 0.15) is 30.3 Å². The molecule has 4 nitrogen and oxygen atoms in total. The highest BCUT2D eigenvalue weighted by Gasteiger charge is 2.28. The zero-order valence-corrected chi connectivity index (χ0v) is 11.4. The molecule has 1 rings (SSSR count). The van der Waals surface area contributed by atoms with Gasteiger partial charge in [0.15, 0.2) is 0 Å². The molecule has 1 heterocycles. The highest BCUT2D eigenvalue weighted by Crippen LogP contribution is 2.18. The first kappa shape index (κ1) is 16.0. The molecule has 0 aliphatic rings. The van der Waals surface area contributed by atoms with E-state index in [0.717, 1.165) is 23.4 Å². The predicted octanol–water partition coefficient (Wildman–Crippen LogP) is 2.32. The second-order valence-corrected chi connectivity index (χ2v) is 4.54. The third-order valence-electron chi connectivity index (χ3n) is 3.09. The van der Waals surface area contributed by atoms with Crippen molar-refractivity contribution in [3.63, 3.8) is 0 Å². The third-order valence-corrected chi connectivity index (χ3v) is 3.09. The van der Waals surface area contributed by atoms with Crippen LogP contribution < -0.4 is 5.73 Å². The van der Waals surface area contributed by atoms with E-state index in [9.17, 15) is 13.2 Å². The zero-order valence-electron chi connectivity index (χ0n) is 11.4. The molecule has 0 saturated carbocycles. The number of nitrogens with two attached hydrogens (primary N) is 1. The van der Waals surface area contributed by atoms with Gasteiger partial charge >= 0.3 is 6.36 Å². The molecule has 7 heteroatoms. The van der Waals surface area contributed by atoms with Gasteiger partial charge in [-0.15, -0.1) is 13.2 Å². The van der Waals surface area contributed by atoms with Gasteiger partial charge in [-0.1, -0.05) is 6.92 Å². The molecular formula is C12H20F3N3O. The predicted molar refractivity (Wildman–Crippen MR) is 65.7 cm³/mol. The van der Waals surface area contributed by atoms with Gasteiger partial charge in [-0.05, 0) is 32.3 Å². The number of aromatic nitrogens is 2. The maximum absolute atomic E-state index is 11.9. The van der Waals surface area contributed by atoms with Crippen molar-refractivity contribution in [2.45, 2.75) is 52.6 Å². The van der Waals surface area contributed by atoms with Crippen LogP contribution in [0, 0.1) is 13.8 Å². The van der Waals surface area contributed by atoms with Crippen molar-refractivity contribution in [1.82, 2.24) is 9.78 Å². The molecule has 0 radical (unpaired) electrons. The molecular weight excluding hydrogens is 259 g/mol. The summed E-state index contributed by atoms with van der Waals surface area (Å²) >= 11 is 0. The molecule has 0 aromatic carbocycles. The summed E-state index contributed by atoms with van der Waals surface area (Å²) in [7, 11) is 0. The molecule has 19 heavy (non-hydrogen) atoms. The molecule has 110 valence electrons. The molecule has 0 saturated heterocycles. The average Bonchev–Trinajstić information content (AvgIpc) is 2.55. The molecule has 1 aromatic heterocycles. The van der Waals surface area contributed by atoms with E-state index < -0.39 is 13.0 Å². The quantitative estimate of drug-likeness (QED) is 0.869. The Labute approximate surface area is 110 Å². The van der Waals surface area contributed by atoms with Crippen molar-refractivity contribution in [2.75, 3.05) is 6.61 Å². The molecule has 1 unspecified atom stereocenters. The van der Waals surface area contributed by atoms with Crippen molar-refractivity contribution in [3.8, 4) is 0 Å². The van der Waals surface area contributed by atoms with Crippen molar-refractivity contribution < 1.29 is 17.9 Å². The molecule has 1 atom stereocenters. The lowest BCUT2D eigenvalue weighted by Crippen LogP contribution is -2.22. The summed E-state index contributed by atoms with van der Waals surface area (Å²) in [5.41, 5.74) is 8.58. The summed E-state index contributed by atoms with van der Waals surface area (Å²) < 4.78 is 41.0. The van der Waals surface area contributed by atoms with Gasteiger partial charge in [0.2, 0.25) is 0 Å². The lowest BCUT2D eigenvalue weighted by atomic mass is 10.0. The van der Waals surface area contributed by atoms with Crippen LogP contribution in [0.3, 0.4) is 0 Å². The Bertz CT molecular complexity index is 415. The van der Waals surface area contributed by atoms with E-state index in [1.54, 1.807) is 4.68 Å². The number of aryl methyl sites for hydroxylation is 1. The fraction of sp³-hybridized carbons (Fsp3) is 0.750. The summed E-state index contributed by atoms with van der Waals surface area (Å²) in [5.74, 6) is 0. The number of hydrogen-bond acceptors (Lipinski definition) is 3. The monoisotopic (exact) mass is 279 g/mol. The van der Waals surface area contributed by atoms with Crippen molar-refractivity contribution in [3.05, 3.63) is 17.0 Å². The summed E-state index contributed by atoms with van der Waals surface area (Å²) in [5, 5.41) is 4.23. The SMILES string of the molecule is CCC(N)Cc1c(C)nn(CCOC(F)(F)F)c1C. The topological polar surface area (TPSA) is 53.1 Å². The van der Waals surface area contributed by atoms with Gasteiger partial charge in [0.25, 0.3) is 0 Å². The second-order valence-electron chi connectivity index (χ2n) is 4.54. The van der Waals surface area contributed by atoms with E-state index >= 15 is 0 Å². The summed E-state index contributed by atoms with van der Waals surface area (Å²) in [6.45, 7) is 5.31. The standard InChI is InChI=1S/C12H20F3N3O/c1-4-10(16)7-11-8(2)17-18(9(11)3)5-6-19-12(13,14)15/h10H,4-7,16H2,1-3H3. The van der Waals surface area contributed by atoms with Gasteiger partial charge in [-0.2, -0.15) is 5.10 Å². The Morgan fingerprint density at radius 1 is 1.37 bits per heavy atom. The lowest BCUT2D eigenvalue weighted by Gasteiger charge is -2.10. The minimum Gasteiger partial charge on any atom is -0.327 e. The maximum Gasteiger partial charge on any atom is 0.522 e. The number of nitrogens with zero attached hydrogens (tertiary/aromatic N) is 2. The Hall–Kier alpha value is -1.08. The number of ether oxygens (including phenoxy) is 1. The van der Waals surface area contributed by atoms with Crippen LogP contribution in [0.2, 0.25) is 0 Å². The molecule has 0 fully saturated rings. The highest BCUT2D eigenvalue weighted by atomic mass is 19.4. The largest absolute Gasteiger partial charge is 0.522 e. The molecule has 0 bridgehead atoms. The van der Waals surface area contributed by atoms with Crippen LogP contribution in [-0.2, 0) is 17.7 Å². The Morgan fingerprint density at radius 3 is 2.53 bits per heavy atom. The molecule has 1 aromatic rings. The zero-order chi connectivity index (χ0) is 14.6. The average molecular weight is 279 g/mol. The van der Waals surface area contributed by atoms with E-state index in [2.05, 4.69) is 9.84 Å². The minimum absolute atomic E-state index is 0.0430. The number of halogens is 3. The lowest BCUT2D eigenvalue weighted by molar-refractivity contribution is -0.325. The Morgan fingerprint density at radius 2 is 2.00 bits per heavy atom. The minimum atomic E-state index is -4.59. The van der Waals surface area contributed by atoms with Gasteiger partial charge in [0.1, 0.15) is 0 Å². The summed E-state index contributed by atoms with van der Waals surface area (Å²) in [6, 6.07) is 0.0430. The van der Waals surface area contributed by atoms with Gasteiger partial charge in [0.05, 0.1) is 18.8 Å². The molecule has 0 spiro atoms. The van der Waals surface area contributed by atoms with E-state index in [4.69, 9.17) is 5.73 Å². The van der Waals surface area contributed by atoms with E-state index in [1.807, 2.05) is 20.8 Å². The first-order valence-electron chi connectivity index (χ1n) is 6.23. The molecule has 0 aliphatic heterocycles. The van der Waals surface area contributed by atoms with Crippen molar-refractivity contribution in [1.29, 1.82) is 0 Å². The van der Waals surface area contributed by atoms with E-state index in [0.29, 0.717) is 6.42 Å². The Kier molecular flexibility index (Phi) is 5.37. The summed E-state index contributed by atoms with van der Waals surface area (Å²) in [6.07, 6.45) is -3.06. The van der Waals surface area contributed by atoms with Crippen LogP contribution in [0.5, 0.6) is 0 Å². The smallest absolute Gasteiger partial charge is 0.327 e. The summed E-state index contributed by atoms with van der Waals surface area (Å²) in [4.78, 5) is 0. The highest BCUT2D eigenvalue weighted by molar-refractivity contribution is 5.25. The van der Waals surface area contributed by atoms with Crippen LogP contribution in [0.25, 0.3) is 0 Å². The van der Waals surface area contributed by atoms with Crippen LogP contribution >= 0.6 is 0 Å². The van der Waals surface area contributed by atoms with E-state index in [-0.39, 0.29) is 12.6 Å². The van der Waals surface area contributed by atoms with Gasteiger partial charge < -0.3 is 5.73 Å². The fourth-order valence-electron chi connectivity index (χ4n) is 1.90. The Balaban J connectivity index is 2.68.